The summed E-state index contributed by atoms with van der Waals surface area (Å²) in [6.07, 6.45) is 8.59. The summed E-state index contributed by atoms with van der Waals surface area (Å²) in [7, 11) is 0. The SMILES string of the molecule is Cc1ccc2c(c1C)-c1ccccc1C=CC=C2. The molecule has 88 valence electrons. The van der Waals surface area contributed by atoms with E-state index < -0.39 is 0 Å². The fourth-order valence-corrected chi connectivity index (χ4v) is 2.52. The molecule has 0 spiro atoms. The van der Waals surface area contributed by atoms with Crippen molar-refractivity contribution in [2.45, 2.75) is 13.8 Å². The Morgan fingerprint density at radius 3 is 2.28 bits per heavy atom. The van der Waals surface area contributed by atoms with Crippen LogP contribution in [0.25, 0.3) is 23.3 Å². The van der Waals surface area contributed by atoms with E-state index in [1.807, 2.05) is 0 Å². The molecule has 0 heteroatoms. The molecule has 0 aromatic heterocycles. The number of benzene rings is 2. The summed E-state index contributed by atoms with van der Waals surface area (Å²) in [5.74, 6) is 0. The van der Waals surface area contributed by atoms with Gasteiger partial charge in [0.25, 0.3) is 0 Å². The molecule has 2 aromatic rings. The number of allylic oxidation sites excluding steroid dienone is 2. The quantitative estimate of drug-likeness (QED) is 0.599. The van der Waals surface area contributed by atoms with E-state index >= 15 is 0 Å². The summed E-state index contributed by atoms with van der Waals surface area (Å²) in [5.41, 5.74) is 8.01. The zero-order valence-electron chi connectivity index (χ0n) is 10.8. The predicted molar refractivity (Wildman–Crippen MR) is 79.4 cm³/mol. The maximum absolute atomic E-state index is 2.21. The van der Waals surface area contributed by atoms with Crippen molar-refractivity contribution in [3.63, 3.8) is 0 Å². The summed E-state index contributed by atoms with van der Waals surface area (Å²) in [5, 5.41) is 0. The highest BCUT2D eigenvalue weighted by Gasteiger charge is 2.11. The first-order valence-electron chi connectivity index (χ1n) is 6.32. The Morgan fingerprint density at radius 1 is 0.722 bits per heavy atom. The van der Waals surface area contributed by atoms with Gasteiger partial charge in [-0.1, -0.05) is 60.7 Å². The van der Waals surface area contributed by atoms with Crippen LogP contribution in [0.2, 0.25) is 0 Å². The fourth-order valence-electron chi connectivity index (χ4n) is 2.52. The van der Waals surface area contributed by atoms with Gasteiger partial charge in [-0.3, -0.25) is 0 Å². The second-order valence-corrected chi connectivity index (χ2v) is 4.78. The molecule has 0 amide bonds. The van der Waals surface area contributed by atoms with Crippen LogP contribution in [0.1, 0.15) is 22.3 Å². The Balaban J connectivity index is 2.40. The molecule has 0 unspecified atom stereocenters. The monoisotopic (exact) mass is 232 g/mol. The standard InChI is InChI=1S/C18H16/c1-13-11-12-16-9-4-3-7-15-8-5-6-10-17(15)18(16)14(13)2/h3-12H,1-2H3. The maximum Gasteiger partial charge on any atom is -0.00735 e. The molecule has 0 aliphatic heterocycles. The average Bonchev–Trinajstić information content (AvgIpc) is 2.36. The molecule has 0 fully saturated rings. The molecular weight excluding hydrogens is 216 g/mol. The first-order valence-corrected chi connectivity index (χ1v) is 6.32. The van der Waals surface area contributed by atoms with Gasteiger partial charge in [-0.25, -0.2) is 0 Å². The van der Waals surface area contributed by atoms with Gasteiger partial charge in [0.1, 0.15) is 0 Å². The minimum Gasteiger partial charge on any atom is -0.0616 e. The second-order valence-electron chi connectivity index (χ2n) is 4.78. The maximum atomic E-state index is 2.21. The third-order valence-electron chi connectivity index (χ3n) is 3.66. The smallest absolute Gasteiger partial charge is 0.00735 e. The van der Waals surface area contributed by atoms with Crippen LogP contribution >= 0.6 is 0 Å². The molecule has 0 saturated carbocycles. The summed E-state index contributed by atoms with van der Waals surface area (Å²) < 4.78 is 0. The lowest BCUT2D eigenvalue weighted by atomic mass is 9.88. The topological polar surface area (TPSA) is 0 Å². The fraction of sp³-hybridized carbons (Fsp3) is 0.111. The highest BCUT2D eigenvalue weighted by molar-refractivity contribution is 5.86. The van der Waals surface area contributed by atoms with Gasteiger partial charge in [0.2, 0.25) is 0 Å². The van der Waals surface area contributed by atoms with E-state index in [9.17, 15) is 0 Å². The lowest BCUT2D eigenvalue weighted by Gasteiger charge is -2.16. The van der Waals surface area contributed by atoms with E-state index in [0.717, 1.165) is 0 Å². The number of fused-ring (bicyclic) bond motifs is 3. The minimum atomic E-state index is 1.29. The van der Waals surface area contributed by atoms with Gasteiger partial charge >= 0.3 is 0 Å². The number of rotatable bonds is 0. The van der Waals surface area contributed by atoms with Gasteiger partial charge in [-0.05, 0) is 47.2 Å². The zero-order chi connectivity index (χ0) is 12.5. The van der Waals surface area contributed by atoms with Gasteiger partial charge in [0.15, 0.2) is 0 Å². The molecule has 0 heterocycles. The minimum absolute atomic E-state index is 1.29. The van der Waals surface area contributed by atoms with Crippen LogP contribution in [0.3, 0.4) is 0 Å². The molecule has 0 saturated heterocycles. The van der Waals surface area contributed by atoms with Crippen molar-refractivity contribution in [1.29, 1.82) is 0 Å². The van der Waals surface area contributed by atoms with Gasteiger partial charge in [-0.15, -0.1) is 0 Å². The van der Waals surface area contributed by atoms with Crippen molar-refractivity contribution in [3.8, 4) is 11.1 Å². The summed E-state index contributed by atoms with van der Waals surface area (Å²) in [6, 6.07) is 13.0. The van der Waals surface area contributed by atoms with Gasteiger partial charge < -0.3 is 0 Å². The molecular formula is C18H16. The largest absolute Gasteiger partial charge is 0.0616 e. The Morgan fingerprint density at radius 2 is 1.44 bits per heavy atom. The molecule has 2 aromatic carbocycles. The highest BCUT2D eigenvalue weighted by atomic mass is 14.2. The Kier molecular flexibility index (Phi) is 2.64. The first kappa shape index (κ1) is 11.0. The van der Waals surface area contributed by atoms with E-state index in [2.05, 4.69) is 74.5 Å². The van der Waals surface area contributed by atoms with Crippen molar-refractivity contribution in [3.05, 3.63) is 70.8 Å². The van der Waals surface area contributed by atoms with Crippen molar-refractivity contribution < 1.29 is 0 Å². The van der Waals surface area contributed by atoms with Gasteiger partial charge in [0.05, 0.1) is 0 Å². The van der Waals surface area contributed by atoms with E-state index in [1.165, 1.54) is 33.4 Å². The Bertz CT molecular complexity index is 658. The van der Waals surface area contributed by atoms with E-state index in [-0.39, 0.29) is 0 Å². The summed E-state index contributed by atoms with van der Waals surface area (Å²) in [6.45, 7) is 4.39. The Labute approximate surface area is 108 Å². The molecule has 1 aliphatic carbocycles. The molecule has 0 bridgehead atoms. The number of aryl methyl sites for hydroxylation is 1. The highest BCUT2D eigenvalue weighted by Crippen LogP contribution is 2.34. The molecule has 1 aliphatic rings. The van der Waals surface area contributed by atoms with Crippen LogP contribution in [0.5, 0.6) is 0 Å². The lowest BCUT2D eigenvalue weighted by molar-refractivity contribution is 1.33. The predicted octanol–water partition coefficient (Wildman–Crippen LogP) is 5.01. The van der Waals surface area contributed by atoms with Crippen molar-refractivity contribution in [1.82, 2.24) is 0 Å². The Hall–Kier alpha value is -2.08. The third kappa shape index (κ3) is 1.70. The van der Waals surface area contributed by atoms with Gasteiger partial charge in [0, 0.05) is 0 Å². The molecule has 0 radical (unpaired) electrons. The summed E-state index contributed by atoms with van der Waals surface area (Å²) >= 11 is 0. The van der Waals surface area contributed by atoms with E-state index in [0.29, 0.717) is 0 Å². The molecule has 0 nitrogen and oxygen atoms in total. The van der Waals surface area contributed by atoms with Crippen molar-refractivity contribution >= 4 is 12.2 Å². The normalized spacial score (nSPS) is 12.6. The van der Waals surface area contributed by atoms with Crippen LogP contribution in [0.4, 0.5) is 0 Å². The van der Waals surface area contributed by atoms with E-state index in [1.54, 1.807) is 0 Å². The number of hydrogen-bond donors (Lipinski definition) is 0. The first-order chi connectivity index (χ1) is 8.77. The van der Waals surface area contributed by atoms with E-state index in [4.69, 9.17) is 0 Å². The molecule has 0 N–H and O–H groups in total. The van der Waals surface area contributed by atoms with Gasteiger partial charge in [-0.2, -0.15) is 0 Å². The van der Waals surface area contributed by atoms with Crippen LogP contribution in [0, 0.1) is 13.8 Å². The van der Waals surface area contributed by atoms with Crippen molar-refractivity contribution in [2.24, 2.45) is 0 Å². The van der Waals surface area contributed by atoms with Crippen LogP contribution < -0.4 is 0 Å². The summed E-state index contributed by atoms with van der Waals surface area (Å²) in [4.78, 5) is 0. The molecule has 0 atom stereocenters. The van der Waals surface area contributed by atoms with Crippen molar-refractivity contribution in [2.75, 3.05) is 0 Å². The van der Waals surface area contributed by atoms with Crippen LogP contribution in [0.15, 0.2) is 48.6 Å². The zero-order valence-corrected chi connectivity index (χ0v) is 10.8. The van der Waals surface area contributed by atoms with Crippen LogP contribution in [-0.2, 0) is 0 Å². The molecule has 18 heavy (non-hydrogen) atoms. The average molecular weight is 232 g/mol. The third-order valence-corrected chi connectivity index (χ3v) is 3.66. The molecule has 3 rings (SSSR count). The second kappa shape index (κ2) is 4.30. The number of hydrogen-bond acceptors (Lipinski definition) is 0. The lowest BCUT2D eigenvalue weighted by Crippen LogP contribution is -1.94. The van der Waals surface area contributed by atoms with Crippen LogP contribution in [-0.4, -0.2) is 0 Å².